The lowest BCUT2D eigenvalue weighted by Crippen LogP contribution is -2.47. The fourth-order valence-electron chi connectivity index (χ4n) is 3.83. The highest BCUT2D eigenvalue weighted by molar-refractivity contribution is 5.76. The smallest absolute Gasteiger partial charge is 0.220 e. The Hall–Kier alpha value is -1.35. The second-order valence-corrected chi connectivity index (χ2v) is 6.71. The quantitative estimate of drug-likeness (QED) is 0.874. The molecule has 1 aromatic rings. The van der Waals surface area contributed by atoms with E-state index in [4.69, 9.17) is 0 Å². The molecule has 1 atom stereocenters. The summed E-state index contributed by atoms with van der Waals surface area (Å²) in [5.41, 5.74) is 2.81. The highest BCUT2D eigenvalue weighted by Gasteiger charge is 2.34. The van der Waals surface area contributed by atoms with Crippen LogP contribution in [-0.2, 0) is 17.6 Å². The molecule has 3 rings (SSSR count). The molecule has 1 fully saturated rings. The number of carbonyl (C=O) groups excluding carboxylic acids is 1. The van der Waals surface area contributed by atoms with E-state index < -0.39 is 0 Å². The van der Waals surface area contributed by atoms with Crippen LogP contribution >= 0.6 is 0 Å². The summed E-state index contributed by atoms with van der Waals surface area (Å²) in [5.74, 6) is 1.10. The predicted octanol–water partition coefficient (Wildman–Crippen LogP) is 2.46. The van der Waals surface area contributed by atoms with Crippen molar-refractivity contribution in [1.29, 1.82) is 0 Å². The van der Waals surface area contributed by atoms with Crippen LogP contribution in [0.3, 0.4) is 0 Å². The molecule has 1 aromatic carbocycles. The molecule has 0 spiro atoms. The fraction of sp³-hybridized carbons (Fsp3) is 0.611. The summed E-state index contributed by atoms with van der Waals surface area (Å²) < 4.78 is 0. The van der Waals surface area contributed by atoms with E-state index in [0.29, 0.717) is 18.3 Å². The lowest BCUT2D eigenvalue weighted by atomic mass is 9.76. The minimum absolute atomic E-state index is 0.148. The Balaban J connectivity index is 1.49. The summed E-state index contributed by atoms with van der Waals surface area (Å²) in [6, 6.07) is 8.76. The van der Waals surface area contributed by atoms with Gasteiger partial charge in [0.2, 0.25) is 5.91 Å². The van der Waals surface area contributed by atoms with E-state index in [0.717, 1.165) is 32.1 Å². The van der Waals surface area contributed by atoms with Gasteiger partial charge in [-0.2, -0.15) is 0 Å². The molecule has 0 unspecified atom stereocenters. The van der Waals surface area contributed by atoms with E-state index in [1.165, 1.54) is 11.1 Å². The van der Waals surface area contributed by atoms with Crippen molar-refractivity contribution in [2.24, 2.45) is 11.8 Å². The Morgan fingerprint density at radius 3 is 2.43 bits per heavy atom. The first-order valence-electron chi connectivity index (χ1n) is 8.20. The molecule has 2 N–H and O–H groups in total. The topological polar surface area (TPSA) is 49.3 Å². The highest BCUT2D eigenvalue weighted by atomic mass is 16.3. The first-order chi connectivity index (χ1) is 10.2. The van der Waals surface area contributed by atoms with Gasteiger partial charge in [0.1, 0.15) is 0 Å². The van der Waals surface area contributed by atoms with Gasteiger partial charge in [0.05, 0.1) is 6.10 Å². The van der Waals surface area contributed by atoms with E-state index in [1.807, 2.05) is 0 Å². The molecule has 3 nitrogen and oxygen atoms in total. The largest absolute Gasteiger partial charge is 0.393 e. The third kappa shape index (κ3) is 3.29. The lowest BCUT2D eigenvalue weighted by molar-refractivity contribution is -0.123. The van der Waals surface area contributed by atoms with Crippen LogP contribution in [0.15, 0.2) is 24.3 Å². The van der Waals surface area contributed by atoms with Crippen LogP contribution in [0.1, 0.15) is 43.7 Å². The first kappa shape index (κ1) is 14.6. The molecule has 3 heteroatoms. The Bertz CT molecular complexity index is 483. The van der Waals surface area contributed by atoms with Crippen LogP contribution in [0, 0.1) is 11.8 Å². The van der Waals surface area contributed by atoms with Crippen LogP contribution in [0.4, 0.5) is 0 Å². The van der Waals surface area contributed by atoms with E-state index in [9.17, 15) is 9.90 Å². The number of hydrogen-bond acceptors (Lipinski definition) is 2. The highest BCUT2D eigenvalue weighted by Crippen LogP contribution is 2.32. The normalized spacial score (nSPS) is 26.0. The average molecular weight is 287 g/mol. The van der Waals surface area contributed by atoms with Crippen molar-refractivity contribution in [3.63, 3.8) is 0 Å². The number of benzene rings is 1. The molecule has 0 bridgehead atoms. The zero-order valence-corrected chi connectivity index (χ0v) is 12.7. The molecule has 0 radical (unpaired) electrons. The molecule has 1 amide bonds. The summed E-state index contributed by atoms with van der Waals surface area (Å²) in [6.07, 6.45) is 5.17. The van der Waals surface area contributed by atoms with Crippen molar-refractivity contribution in [3.05, 3.63) is 35.4 Å². The second-order valence-electron chi connectivity index (χ2n) is 6.71. The van der Waals surface area contributed by atoms with Gasteiger partial charge in [-0.3, -0.25) is 4.79 Å². The maximum Gasteiger partial charge on any atom is 0.220 e. The molecule has 1 saturated carbocycles. The van der Waals surface area contributed by atoms with Gasteiger partial charge in [-0.05, 0) is 55.1 Å². The minimum atomic E-state index is -0.148. The number of fused-ring (bicyclic) bond motifs is 1. The third-order valence-electron chi connectivity index (χ3n) is 5.11. The van der Waals surface area contributed by atoms with Crippen LogP contribution in [-0.4, -0.2) is 23.2 Å². The number of amides is 1. The lowest BCUT2D eigenvalue weighted by Gasteiger charge is -2.37. The van der Waals surface area contributed by atoms with Gasteiger partial charge >= 0.3 is 0 Å². The minimum Gasteiger partial charge on any atom is -0.393 e. The zero-order chi connectivity index (χ0) is 14.8. The van der Waals surface area contributed by atoms with E-state index in [2.05, 4.69) is 36.5 Å². The third-order valence-corrected chi connectivity index (χ3v) is 5.11. The molecule has 2 aliphatic carbocycles. The van der Waals surface area contributed by atoms with Crippen LogP contribution in [0.2, 0.25) is 0 Å². The number of hydrogen-bond donors (Lipinski definition) is 2. The Morgan fingerprint density at radius 1 is 1.29 bits per heavy atom. The summed E-state index contributed by atoms with van der Waals surface area (Å²) in [5, 5.41) is 12.6. The van der Waals surface area contributed by atoms with Gasteiger partial charge in [0, 0.05) is 12.5 Å². The van der Waals surface area contributed by atoms with Crippen molar-refractivity contribution < 1.29 is 9.90 Å². The molecule has 2 aliphatic rings. The van der Waals surface area contributed by atoms with Crippen molar-refractivity contribution in [1.82, 2.24) is 5.32 Å². The number of carbonyl (C=O) groups is 1. The van der Waals surface area contributed by atoms with Gasteiger partial charge < -0.3 is 10.4 Å². The van der Waals surface area contributed by atoms with Crippen molar-refractivity contribution in [2.45, 2.75) is 57.6 Å². The van der Waals surface area contributed by atoms with Crippen molar-refractivity contribution >= 4 is 5.91 Å². The summed E-state index contributed by atoms with van der Waals surface area (Å²) in [6.45, 7) is 2.11. The predicted molar refractivity (Wildman–Crippen MR) is 82.9 cm³/mol. The first-order valence-corrected chi connectivity index (χ1v) is 8.20. The van der Waals surface area contributed by atoms with Gasteiger partial charge in [-0.25, -0.2) is 0 Å². The SMILES string of the molecule is CC[C@@H](NC(=O)CC1Cc2ccccc2C1)C1CC(O)C1. The molecule has 21 heavy (non-hydrogen) atoms. The number of aliphatic hydroxyl groups excluding tert-OH is 1. The molecular formula is C18H25NO2. The molecule has 0 heterocycles. The van der Waals surface area contributed by atoms with E-state index in [-0.39, 0.29) is 18.1 Å². The van der Waals surface area contributed by atoms with Crippen molar-refractivity contribution in [3.8, 4) is 0 Å². The molecule has 0 aliphatic heterocycles. The Labute approximate surface area is 126 Å². The Morgan fingerprint density at radius 2 is 1.90 bits per heavy atom. The molecule has 114 valence electrons. The molecular weight excluding hydrogens is 262 g/mol. The number of rotatable bonds is 5. The van der Waals surface area contributed by atoms with Gasteiger partial charge in [-0.15, -0.1) is 0 Å². The summed E-state index contributed by atoms with van der Waals surface area (Å²) in [4.78, 5) is 12.3. The monoisotopic (exact) mass is 287 g/mol. The molecule has 0 saturated heterocycles. The summed E-state index contributed by atoms with van der Waals surface area (Å²) >= 11 is 0. The number of aliphatic hydroxyl groups is 1. The van der Waals surface area contributed by atoms with E-state index >= 15 is 0 Å². The van der Waals surface area contributed by atoms with Crippen LogP contribution in [0.5, 0.6) is 0 Å². The second kappa shape index (κ2) is 6.18. The van der Waals surface area contributed by atoms with Crippen LogP contribution < -0.4 is 5.32 Å². The molecule has 0 aromatic heterocycles. The maximum absolute atomic E-state index is 12.3. The maximum atomic E-state index is 12.3. The van der Waals surface area contributed by atoms with Crippen molar-refractivity contribution in [2.75, 3.05) is 0 Å². The van der Waals surface area contributed by atoms with Gasteiger partial charge in [0.25, 0.3) is 0 Å². The fourth-order valence-corrected chi connectivity index (χ4v) is 3.83. The van der Waals surface area contributed by atoms with Gasteiger partial charge in [0.15, 0.2) is 0 Å². The number of nitrogens with one attached hydrogen (secondary N) is 1. The van der Waals surface area contributed by atoms with E-state index in [1.54, 1.807) is 0 Å². The average Bonchev–Trinajstić information content (AvgIpc) is 2.83. The zero-order valence-electron chi connectivity index (χ0n) is 12.7. The summed E-state index contributed by atoms with van der Waals surface area (Å²) in [7, 11) is 0. The van der Waals surface area contributed by atoms with Crippen LogP contribution in [0.25, 0.3) is 0 Å². The van der Waals surface area contributed by atoms with Gasteiger partial charge in [-0.1, -0.05) is 31.2 Å². The standard InChI is InChI=1S/C18H25NO2/c1-2-17(15-10-16(20)11-15)19-18(21)9-12-7-13-5-3-4-6-14(13)8-12/h3-6,12,15-17,20H,2,7-11H2,1H3,(H,19,21)/t15?,16?,17-/m1/s1. The Kier molecular flexibility index (Phi) is 4.29.